The van der Waals surface area contributed by atoms with Gasteiger partial charge in [0.2, 0.25) is 11.8 Å². The SMILES string of the molecule is CC1(C)C(=O)NC2(CCCC2)C(=O)N1CCCC(F)(F)F. The number of piperazine rings is 1. The Hall–Kier alpha value is -1.27. The molecule has 0 aromatic rings. The number of carbonyl (C=O) groups excluding carboxylic acids is 2. The van der Waals surface area contributed by atoms with Crippen LogP contribution < -0.4 is 5.32 Å². The lowest BCUT2D eigenvalue weighted by atomic mass is 9.85. The molecular formula is C14H21F3N2O2. The summed E-state index contributed by atoms with van der Waals surface area (Å²) in [5.74, 6) is -0.511. The van der Waals surface area contributed by atoms with E-state index in [2.05, 4.69) is 5.32 Å². The first kappa shape index (κ1) is 16.1. The van der Waals surface area contributed by atoms with Gasteiger partial charge in [-0.25, -0.2) is 0 Å². The molecule has 1 spiro atoms. The smallest absolute Gasteiger partial charge is 0.340 e. The Morgan fingerprint density at radius 2 is 1.76 bits per heavy atom. The second-order valence-electron chi connectivity index (χ2n) is 6.48. The van der Waals surface area contributed by atoms with Gasteiger partial charge in [-0.05, 0) is 33.1 Å². The number of halogens is 3. The van der Waals surface area contributed by atoms with E-state index in [4.69, 9.17) is 0 Å². The molecule has 2 amide bonds. The van der Waals surface area contributed by atoms with Gasteiger partial charge in [-0.2, -0.15) is 13.2 Å². The summed E-state index contributed by atoms with van der Waals surface area (Å²) in [5, 5.41) is 2.82. The number of nitrogens with zero attached hydrogens (tertiary/aromatic N) is 1. The van der Waals surface area contributed by atoms with Crippen molar-refractivity contribution in [1.29, 1.82) is 0 Å². The first-order valence-corrected chi connectivity index (χ1v) is 7.30. The minimum atomic E-state index is -4.24. The summed E-state index contributed by atoms with van der Waals surface area (Å²) in [7, 11) is 0. The quantitative estimate of drug-likeness (QED) is 0.870. The molecule has 120 valence electrons. The molecule has 1 aliphatic carbocycles. The Morgan fingerprint density at radius 3 is 2.29 bits per heavy atom. The molecule has 0 aromatic heterocycles. The Labute approximate surface area is 122 Å². The number of carbonyl (C=O) groups is 2. The second kappa shape index (κ2) is 5.18. The van der Waals surface area contributed by atoms with Gasteiger partial charge < -0.3 is 10.2 Å². The van der Waals surface area contributed by atoms with Gasteiger partial charge in [0.15, 0.2) is 0 Å². The van der Waals surface area contributed by atoms with E-state index in [1.807, 2.05) is 0 Å². The molecule has 1 saturated carbocycles. The molecule has 0 aromatic carbocycles. The van der Waals surface area contributed by atoms with Crippen LogP contribution in [-0.4, -0.2) is 40.5 Å². The summed E-state index contributed by atoms with van der Waals surface area (Å²) in [6, 6.07) is 0. The predicted octanol–water partition coefficient (Wildman–Crippen LogP) is 2.38. The minimum absolute atomic E-state index is 0.0412. The van der Waals surface area contributed by atoms with Crippen molar-refractivity contribution in [1.82, 2.24) is 10.2 Å². The lowest BCUT2D eigenvalue weighted by molar-refractivity contribution is -0.162. The maximum absolute atomic E-state index is 12.7. The van der Waals surface area contributed by atoms with Crippen LogP contribution in [0.3, 0.4) is 0 Å². The third-order valence-corrected chi connectivity index (χ3v) is 4.54. The van der Waals surface area contributed by atoms with Crippen molar-refractivity contribution in [3.63, 3.8) is 0 Å². The average molecular weight is 306 g/mol. The largest absolute Gasteiger partial charge is 0.389 e. The van der Waals surface area contributed by atoms with E-state index in [0.29, 0.717) is 12.8 Å². The van der Waals surface area contributed by atoms with Crippen LogP contribution >= 0.6 is 0 Å². The van der Waals surface area contributed by atoms with Crippen molar-refractivity contribution in [3.05, 3.63) is 0 Å². The number of amides is 2. The molecule has 0 radical (unpaired) electrons. The zero-order valence-corrected chi connectivity index (χ0v) is 12.3. The highest BCUT2D eigenvalue weighted by Crippen LogP contribution is 2.37. The van der Waals surface area contributed by atoms with Gasteiger partial charge in [0.1, 0.15) is 11.1 Å². The first-order valence-electron chi connectivity index (χ1n) is 7.30. The van der Waals surface area contributed by atoms with Gasteiger partial charge in [-0.3, -0.25) is 9.59 Å². The third-order valence-electron chi connectivity index (χ3n) is 4.54. The molecule has 21 heavy (non-hydrogen) atoms. The average Bonchev–Trinajstić information content (AvgIpc) is 2.80. The minimum Gasteiger partial charge on any atom is -0.340 e. The van der Waals surface area contributed by atoms with Gasteiger partial charge in [0.05, 0.1) is 0 Å². The van der Waals surface area contributed by atoms with Crippen LogP contribution in [0, 0.1) is 0 Å². The van der Waals surface area contributed by atoms with E-state index in [1.165, 1.54) is 4.90 Å². The van der Waals surface area contributed by atoms with Crippen molar-refractivity contribution in [2.45, 2.75) is 69.6 Å². The fraction of sp³-hybridized carbons (Fsp3) is 0.857. The van der Waals surface area contributed by atoms with E-state index >= 15 is 0 Å². The fourth-order valence-electron chi connectivity index (χ4n) is 3.19. The molecular weight excluding hydrogens is 285 g/mol. The topological polar surface area (TPSA) is 49.4 Å². The zero-order valence-electron chi connectivity index (χ0n) is 12.3. The first-order chi connectivity index (χ1) is 9.58. The summed E-state index contributed by atoms with van der Waals surface area (Å²) in [4.78, 5) is 26.3. The van der Waals surface area contributed by atoms with Gasteiger partial charge in [-0.1, -0.05) is 12.8 Å². The molecule has 2 rings (SSSR count). The molecule has 1 N–H and O–H groups in total. The van der Waals surface area contributed by atoms with Crippen LogP contribution in [-0.2, 0) is 9.59 Å². The van der Waals surface area contributed by atoms with Gasteiger partial charge in [0.25, 0.3) is 0 Å². The highest BCUT2D eigenvalue weighted by atomic mass is 19.4. The van der Waals surface area contributed by atoms with E-state index in [-0.39, 0.29) is 24.8 Å². The van der Waals surface area contributed by atoms with Gasteiger partial charge in [0, 0.05) is 13.0 Å². The van der Waals surface area contributed by atoms with Crippen molar-refractivity contribution < 1.29 is 22.8 Å². The van der Waals surface area contributed by atoms with Gasteiger partial charge in [-0.15, -0.1) is 0 Å². The Balaban J connectivity index is 2.14. The highest BCUT2D eigenvalue weighted by Gasteiger charge is 2.55. The number of hydrogen-bond acceptors (Lipinski definition) is 2. The standard InChI is InChI=1S/C14H21F3N2O2/c1-12(2)10(20)18-13(6-3-4-7-13)11(21)19(12)9-5-8-14(15,16)17/h3-9H2,1-2H3,(H,18,20). The third kappa shape index (κ3) is 3.01. The number of rotatable bonds is 3. The summed E-state index contributed by atoms with van der Waals surface area (Å²) >= 11 is 0. The van der Waals surface area contributed by atoms with E-state index in [0.717, 1.165) is 12.8 Å². The Kier molecular flexibility index (Phi) is 3.97. The Bertz CT molecular complexity index is 440. The lowest BCUT2D eigenvalue weighted by Crippen LogP contribution is -2.73. The highest BCUT2D eigenvalue weighted by molar-refractivity contribution is 6.02. The van der Waals surface area contributed by atoms with Crippen molar-refractivity contribution in [3.8, 4) is 0 Å². The van der Waals surface area contributed by atoms with E-state index in [9.17, 15) is 22.8 Å². The number of alkyl halides is 3. The molecule has 1 saturated heterocycles. The maximum atomic E-state index is 12.7. The maximum Gasteiger partial charge on any atom is 0.389 e. The number of hydrogen-bond donors (Lipinski definition) is 1. The number of nitrogens with one attached hydrogen (secondary N) is 1. The predicted molar refractivity (Wildman–Crippen MR) is 70.4 cm³/mol. The summed E-state index contributed by atoms with van der Waals surface area (Å²) < 4.78 is 36.9. The van der Waals surface area contributed by atoms with Crippen LogP contribution in [0.15, 0.2) is 0 Å². The van der Waals surface area contributed by atoms with Crippen LogP contribution in [0.1, 0.15) is 52.4 Å². The second-order valence-corrected chi connectivity index (χ2v) is 6.48. The monoisotopic (exact) mass is 306 g/mol. The molecule has 2 fully saturated rings. The molecule has 2 aliphatic rings. The van der Waals surface area contributed by atoms with E-state index in [1.54, 1.807) is 13.8 Å². The van der Waals surface area contributed by atoms with Crippen molar-refractivity contribution in [2.24, 2.45) is 0 Å². The summed E-state index contributed by atoms with van der Waals surface area (Å²) in [6.45, 7) is 3.12. The summed E-state index contributed by atoms with van der Waals surface area (Å²) in [5.41, 5.74) is -1.98. The molecule has 0 unspecified atom stereocenters. The van der Waals surface area contributed by atoms with Crippen LogP contribution in [0.2, 0.25) is 0 Å². The molecule has 1 heterocycles. The van der Waals surface area contributed by atoms with Crippen LogP contribution in [0.4, 0.5) is 13.2 Å². The molecule has 0 atom stereocenters. The fourth-order valence-corrected chi connectivity index (χ4v) is 3.19. The molecule has 4 nitrogen and oxygen atoms in total. The zero-order chi connectivity index (χ0) is 15.9. The van der Waals surface area contributed by atoms with Crippen molar-refractivity contribution in [2.75, 3.05) is 6.54 Å². The molecule has 0 bridgehead atoms. The molecule has 7 heteroatoms. The van der Waals surface area contributed by atoms with Crippen molar-refractivity contribution >= 4 is 11.8 Å². The lowest BCUT2D eigenvalue weighted by Gasteiger charge is -2.49. The van der Waals surface area contributed by atoms with E-state index < -0.39 is 23.7 Å². The van der Waals surface area contributed by atoms with Crippen LogP contribution in [0.5, 0.6) is 0 Å². The van der Waals surface area contributed by atoms with Gasteiger partial charge >= 0.3 is 6.18 Å². The summed E-state index contributed by atoms with van der Waals surface area (Å²) in [6.07, 6.45) is -2.52. The normalized spacial score (nSPS) is 24.5. The molecule has 1 aliphatic heterocycles. The Morgan fingerprint density at radius 1 is 1.19 bits per heavy atom. The van der Waals surface area contributed by atoms with Crippen LogP contribution in [0.25, 0.3) is 0 Å².